The van der Waals surface area contributed by atoms with Gasteiger partial charge in [0.15, 0.2) is 6.10 Å². The van der Waals surface area contributed by atoms with Crippen molar-refractivity contribution in [2.24, 2.45) is 5.92 Å². The molecule has 0 aromatic heterocycles. The summed E-state index contributed by atoms with van der Waals surface area (Å²) < 4.78 is 0. The van der Waals surface area contributed by atoms with Crippen LogP contribution in [0.25, 0.3) is 0 Å². The second-order valence-electron chi connectivity index (χ2n) is 7.88. The van der Waals surface area contributed by atoms with Crippen LogP contribution in [0.4, 0.5) is 11.4 Å². The van der Waals surface area contributed by atoms with Crippen molar-refractivity contribution in [3.05, 3.63) is 95.6 Å². The van der Waals surface area contributed by atoms with E-state index in [9.17, 15) is 14.4 Å². The third-order valence-electron chi connectivity index (χ3n) is 6.01. The van der Waals surface area contributed by atoms with Crippen LogP contribution in [-0.4, -0.2) is 29.0 Å². The zero-order chi connectivity index (χ0) is 22.4. The van der Waals surface area contributed by atoms with Gasteiger partial charge in [-0.25, -0.2) is 14.8 Å². The van der Waals surface area contributed by atoms with Crippen molar-refractivity contribution in [1.29, 1.82) is 0 Å². The number of benzene rings is 3. The number of carboxylic acids is 1. The predicted molar refractivity (Wildman–Crippen MR) is 117 cm³/mol. The highest BCUT2D eigenvalue weighted by atomic mass is 16.7. The standard InChI is InChI=1S/C25H20N2O5/c1-15-7-5-6-10-19(15)21-20-22(32-27(21)18-8-3-2-4-9-18)24(29)26(23(20)28)17-13-11-16(12-14-17)25(30)31/h2-14,20-22H,1H3,(H,30,31). The molecule has 0 radical (unpaired) electrons. The molecule has 3 aromatic rings. The lowest BCUT2D eigenvalue weighted by molar-refractivity contribution is -0.126. The first-order valence-electron chi connectivity index (χ1n) is 10.2. The molecule has 2 heterocycles. The van der Waals surface area contributed by atoms with E-state index in [4.69, 9.17) is 9.94 Å². The zero-order valence-electron chi connectivity index (χ0n) is 17.2. The number of para-hydroxylation sites is 1. The number of anilines is 2. The summed E-state index contributed by atoms with van der Waals surface area (Å²) in [6, 6.07) is 22.4. The van der Waals surface area contributed by atoms with Gasteiger partial charge in [0.1, 0.15) is 5.92 Å². The van der Waals surface area contributed by atoms with E-state index in [1.807, 2.05) is 61.5 Å². The van der Waals surface area contributed by atoms with Gasteiger partial charge < -0.3 is 5.11 Å². The number of hydroxylamine groups is 1. The van der Waals surface area contributed by atoms with Crippen molar-refractivity contribution < 1.29 is 24.3 Å². The first-order chi connectivity index (χ1) is 15.5. The predicted octanol–water partition coefficient (Wildman–Crippen LogP) is 3.74. The summed E-state index contributed by atoms with van der Waals surface area (Å²) >= 11 is 0. The van der Waals surface area contributed by atoms with E-state index in [1.165, 1.54) is 24.3 Å². The second-order valence-corrected chi connectivity index (χ2v) is 7.88. The van der Waals surface area contributed by atoms with Gasteiger partial charge in [-0.05, 0) is 54.4 Å². The molecule has 1 N–H and O–H groups in total. The summed E-state index contributed by atoms with van der Waals surface area (Å²) in [6.45, 7) is 1.97. The highest BCUT2D eigenvalue weighted by Crippen LogP contribution is 2.48. The molecule has 0 spiro atoms. The smallest absolute Gasteiger partial charge is 0.335 e. The van der Waals surface area contributed by atoms with Crippen LogP contribution in [0.3, 0.4) is 0 Å². The molecular formula is C25H20N2O5. The van der Waals surface area contributed by atoms with E-state index >= 15 is 0 Å². The Kier molecular flexibility index (Phi) is 4.75. The minimum absolute atomic E-state index is 0.0809. The maximum absolute atomic E-state index is 13.6. The third-order valence-corrected chi connectivity index (χ3v) is 6.01. The van der Waals surface area contributed by atoms with Crippen LogP contribution in [0.1, 0.15) is 27.5 Å². The maximum Gasteiger partial charge on any atom is 0.335 e. The lowest BCUT2D eigenvalue weighted by Gasteiger charge is -2.29. The summed E-state index contributed by atoms with van der Waals surface area (Å²) in [5, 5.41) is 10.8. The minimum Gasteiger partial charge on any atom is -0.478 e. The number of aryl methyl sites for hydroxylation is 1. The van der Waals surface area contributed by atoms with Gasteiger partial charge in [-0.1, -0.05) is 42.5 Å². The van der Waals surface area contributed by atoms with Crippen LogP contribution in [0.5, 0.6) is 0 Å². The number of carbonyl (C=O) groups excluding carboxylic acids is 2. The van der Waals surface area contributed by atoms with Gasteiger partial charge in [0.25, 0.3) is 5.91 Å². The molecule has 3 atom stereocenters. The van der Waals surface area contributed by atoms with Crippen molar-refractivity contribution >= 4 is 29.2 Å². The molecule has 5 rings (SSSR count). The van der Waals surface area contributed by atoms with Gasteiger partial charge >= 0.3 is 5.97 Å². The number of aromatic carboxylic acids is 1. The number of nitrogens with zero attached hydrogens (tertiary/aromatic N) is 2. The van der Waals surface area contributed by atoms with Crippen LogP contribution >= 0.6 is 0 Å². The number of imide groups is 1. The highest BCUT2D eigenvalue weighted by Gasteiger charge is 2.60. The van der Waals surface area contributed by atoms with Crippen LogP contribution in [0, 0.1) is 12.8 Å². The fourth-order valence-electron chi connectivity index (χ4n) is 4.46. The normalized spacial score (nSPS) is 22.3. The van der Waals surface area contributed by atoms with E-state index in [1.54, 1.807) is 5.06 Å². The number of amides is 2. The van der Waals surface area contributed by atoms with Gasteiger partial charge in [0.05, 0.1) is 23.0 Å². The van der Waals surface area contributed by atoms with E-state index < -0.39 is 29.9 Å². The SMILES string of the molecule is Cc1ccccc1C1C2C(=O)N(c3ccc(C(=O)O)cc3)C(=O)C2ON1c1ccccc1. The molecule has 0 bridgehead atoms. The number of fused-ring (bicyclic) bond motifs is 1. The van der Waals surface area contributed by atoms with E-state index in [0.29, 0.717) is 5.69 Å². The maximum atomic E-state index is 13.6. The molecule has 3 aromatic carbocycles. The topological polar surface area (TPSA) is 87.2 Å². The van der Waals surface area contributed by atoms with Crippen LogP contribution in [-0.2, 0) is 14.4 Å². The highest BCUT2D eigenvalue weighted by molar-refractivity contribution is 6.24. The zero-order valence-corrected chi connectivity index (χ0v) is 17.2. The number of carboxylic acid groups (broad SMARTS) is 1. The van der Waals surface area contributed by atoms with Crippen molar-refractivity contribution in [3.63, 3.8) is 0 Å². The molecule has 2 aliphatic heterocycles. The van der Waals surface area contributed by atoms with Gasteiger partial charge in [-0.3, -0.25) is 14.4 Å². The molecule has 7 nitrogen and oxygen atoms in total. The fourth-order valence-corrected chi connectivity index (χ4v) is 4.46. The monoisotopic (exact) mass is 428 g/mol. The molecule has 3 unspecified atom stereocenters. The van der Waals surface area contributed by atoms with Crippen molar-refractivity contribution in [3.8, 4) is 0 Å². The minimum atomic E-state index is -1.08. The molecule has 2 saturated heterocycles. The molecule has 32 heavy (non-hydrogen) atoms. The number of hydrogen-bond donors (Lipinski definition) is 1. The van der Waals surface area contributed by atoms with E-state index in [-0.39, 0.29) is 11.5 Å². The fraction of sp³-hybridized carbons (Fsp3) is 0.160. The molecule has 2 aliphatic rings. The Morgan fingerprint density at radius 2 is 1.50 bits per heavy atom. The quantitative estimate of drug-likeness (QED) is 0.637. The Hall–Kier alpha value is -3.97. The second kappa shape index (κ2) is 7.62. The molecule has 2 amide bonds. The lowest BCUT2D eigenvalue weighted by Crippen LogP contribution is -2.37. The third kappa shape index (κ3) is 3.06. The summed E-state index contributed by atoms with van der Waals surface area (Å²) in [5.74, 6) is -2.63. The first-order valence-corrected chi connectivity index (χ1v) is 10.2. The number of hydrogen-bond acceptors (Lipinski definition) is 5. The average Bonchev–Trinajstić information content (AvgIpc) is 3.31. The van der Waals surface area contributed by atoms with E-state index in [0.717, 1.165) is 21.7 Å². The Labute approximate surface area is 184 Å². The summed E-state index contributed by atoms with van der Waals surface area (Å²) in [6.07, 6.45) is -0.966. The van der Waals surface area contributed by atoms with Crippen LogP contribution < -0.4 is 9.96 Å². The summed E-state index contributed by atoms with van der Waals surface area (Å²) in [4.78, 5) is 45.2. The van der Waals surface area contributed by atoms with Crippen molar-refractivity contribution in [2.45, 2.75) is 19.1 Å². The van der Waals surface area contributed by atoms with Crippen LogP contribution in [0.2, 0.25) is 0 Å². The van der Waals surface area contributed by atoms with Gasteiger partial charge in [0, 0.05) is 0 Å². The largest absolute Gasteiger partial charge is 0.478 e. The molecule has 0 aliphatic carbocycles. The first kappa shape index (κ1) is 20.0. The van der Waals surface area contributed by atoms with Gasteiger partial charge in [0.2, 0.25) is 5.91 Å². The van der Waals surface area contributed by atoms with Gasteiger partial charge in [-0.15, -0.1) is 0 Å². The number of rotatable bonds is 4. The molecule has 0 saturated carbocycles. The Morgan fingerprint density at radius 3 is 2.16 bits per heavy atom. The number of carbonyl (C=O) groups is 3. The van der Waals surface area contributed by atoms with Crippen molar-refractivity contribution in [1.82, 2.24) is 0 Å². The summed E-state index contributed by atoms with van der Waals surface area (Å²) in [7, 11) is 0. The molecule has 160 valence electrons. The van der Waals surface area contributed by atoms with Crippen molar-refractivity contribution in [2.75, 3.05) is 9.96 Å². The molecule has 7 heteroatoms. The van der Waals surface area contributed by atoms with E-state index in [2.05, 4.69) is 0 Å². The summed E-state index contributed by atoms with van der Waals surface area (Å²) in [5.41, 5.74) is 3.07. The Bertz CT molecular complexity index is 1210. The Morgan fingerprint density at radius 1 is 0.844 bits per heavy atom. The van der Waals surface area contributed by atoms with Crippen LogP contribution in [0.15, 0.2) is 78.9 Å². The molecular weight excluding hydrogens is 408 g/mol. The molecule has 2 fully saturated rings. The van der Waals surface area contributed by atoms with Gasteiger partial charge in [-0.2, -0.15) is 0 Å². The Balaban J connectivity index is 1.57. The lowest BCUT2D eigenvalue weighted by atomic mass is 9.88. The average molecular weight is 428 g/mol.